The van der Waals surface area contributed by atoms with Gasteiger partial charge in [0.25, 0.3) is 0 Å². The number of rotatable bonds is 5. The average molecular weight is 710 g/mol. The van der Waals surface area contributed by atoms with Gasteiger partial charge in [0.2, 0.25) is 0 Å². The summed E-state index contributed by atoms with van der Waals surface area (Å²) in [6.07, 6.45) is 0. The topological polar surface area (TPSA) is 3.24 Å². The Bertz CT molecular complexity index is 3170. The molecular formula is C50H31NS2. The molecule has 53 heavy (non-hydrogen) atoms. The molecule has 0 spiro atoms. The Morgan fingerprint density at radius 1 is 0.321 bits per heavy atom. The van der Waals surface area contributed by atoms with Gasteiger partial charge in [0.1, 0.15) is 0 Å². The molecule has 0 bridgehead atoms. The molecule has 0 fully saturated rings. The standard InChI is InChI=1S/C50H31NS2/c1-2-13-33(14-3-1)48-41-19-6-4-15-37(41)38-16-5-7-20-42(38)49(48)51(35-29-30-47-44(31-35)40-18-9-10-23-45(40)52-47)34-27-25-32(26-28-34)36-21-12-22-43-39-17-8-11-24-46(39)53-50(36)43/h1-31H. The summed E-state index contributed by atoms with van der Waals surface area (Å²) in [7, 11) is 0. The lowest BCUT2D eigenvalue weighted by atomic mass is 9.90. The van der Waals surface area contributed by atoms with Gasteiger partial charge >= 0.3 is 0 Å². The predicted octanol–water partition coefficient (Wildman–Crippen LogP) is 15.5. The highest BCUT2D eigenvalue weighted by atomic mass is 32.1. The monoisotopic (exact) mass is 709 g/mol. The summed E-state index contributed by atoms with van der Waals surface area (Å²) in [6, 6.07) is 69.2. The van der Waals surface area contributed by atoms with Crippen molar-refractivity contribution in [3.05, 3.63) is 188 Å². The molecule has 0 amide bonds. The van der Waals surface area contributed by atoms with Gasteiger partial charge in [-0.25, -0.2) is 0 Å². The van der Waals surface area contributed by atoms with Crippen LogP contribution in [0, 0.1) is 0 Å². The first-order valence-corrected chi connectivity index (χ1v) is 19.6. The van der Waals surface area contributed by atoms with E-state index in [2.05, 4.69) is 193 Å². The highest BCUT2D eigenvalue weighted by Crippen LogP contribution is 2.50. The van der Waals surface area contributed by atoms with E-state index in [1.165, 1.54) is 89.8 Å². The van der Waals surface area contributed by atoms with Crippen LogP contribution in [0.3, 0.4) is 0 Å². The number of benzene rings is 9. The van der Waals surface area contributed by atoms with Crippen LogP contribution in [0.4, 0.5) is 17.1 Å². The van der Waals surface area contributed by atoms with Crippen LogP contribution in [0.2, 0.25) is 0 Å². The Kier molecular flexibility index (Phi) is 6.97. The first kappa shape index (κ1) is 30.4. The molecule has 3 heteroatoms. The number of fused-ring (bicyclic) bond motifs is 9. The molecule has 0 unspecified atom stereocenters. The van der Waals surface area contributed by atoms with Gasteiger partial charge in [0, 0.05) is 62.7 Å². The smallest absolute Gasteiger partial charge is 0.0624 e. The van der Waals surface area contributed by atoms with Crippen molar-refractivity contribution < 1.29 is 0 Å². The van der Waals surface area contributed by atoms with Gasteiger partial charge in [-0.15, -0.1) is 22.7 Å². The lowest BCUT2D eigenvalue weighted by molar-refractivity contribution is 1.31. The first-order chi connectivity index (χ1) is 26.3. The van der Waals surface area contributed by atoms with Crippen LogP contribution in [0.1, 0.15) is 0 Å². The molecule has 0 N–H and O–H groups in total. The Hall–Kier alpha value is -6.26. The minimum Gasteiger partial charge on any atom is -0.309 e. The van der Waals surface area contributed by atoms with Crippen molar-refractivity contribution in [2.45, 2.75) is 0 Å². The second-order valence-electron chi connectivity index (χ2n) is 13.6. The maximum atomic E-state index is 2.51. The van der Waals surface area contributed by atoms with E-state index in [9.17, 15) is 0 Å². The Balaban J connectivity index is 1.20. The fourth-order valence-electron chi connectivity index (χ4n) is 8.28. The van der Waals surface area contributed by atoms with Crippen molar-refractivity contribution in [3.8, 4) is 22.3 Å². The molecule has 0 aliphatic rings. The molecule has 0 saturated heterocycles. The van der Waals surface area contributed by atoms with Crippen molar-refractivity contribution in [3.63, 3.8) is 0 Å². The van der Waals surface area contributed by atoms with E-state index >= 15 is 0 Å². The largest absolute Gasteiger partial charge is 0.309 e. The fourth-order valence-corrected chi connectivity index (χ4v) is 10.6. The second kappa shape index (κ2) is 12.2. The van der Waals surface area contributed by atoms with Gasteiger partial charge in [-0.2, -0.15) is 0 Å². The molecule has 1 nitrogen and oxygen atoms in total. The maximum absolute atomic E-state index is 2.51. The highest BCUT2D eigenvalue weighted by Gasteiger charge is 2.24. The molecule has 0 atom stereocenters. The summed E-state index contributed by atoms with van der Waals surface area (Å²) >= 11 is 3.75. The molecule has 0 saturated carbocycles. The fraction of sp³-hybridized carbons (Fsp3) is 0. The minimum absolute atomic E-state index is 1.12. The number of thiophene rings is 2. The van der Waals surface area contributed by atoms with Crippen LogP contribution in [0.25, 0.3) is 84.1 Å². The molecule has 0 radical (unpaired) electrons. The minimum atomic E-state index is 1.12. The molecule has 2 aromatic heterocycles. The lowest BCUT2D eigenvalue weighted by Gasteiger charge is -2.31. The zero-order valence-corrected chi connectivity index (χ0v) is 30.3. The van der Waals surface area contributed by atoms with Crippen LogP contribution in [0.5, 0.6) is 0 Å². The van der Waals surface area contributed by atoms with Crippen LogP contribution in [-0.2, 0) is 0 Å². The van der Waals surface area contributed by atoms with Crippen LogP contribution in [0.15, 0.2) is 188 Å². The molecular weight excluding hydrogens is 679 g/mol. The van der Waals surface area contributed by atoms with E-state index in [0.717, 1.165) is 11.4 Å². The molecule has 2 heterocycles. The van der Waals surface area contributed by atoms with Crippen molar-refractivity contribution >= 4 is 102 Å². The molecule has 0 aliphatic heterocycles. The summed E-state index contributed by atoms with van der Waals surface area (Å²) in [5.41, 5.74) is 8.36. The number of anilines is 3. The van der Waals surface area contributed by atoms with Gasteiger partial charge < -0.3 is 4.90 Å². The lowest BCUT2D eigenvalue weighted by Crippen LogP contribution is -2.12. The summed E-state index contributed by atoms with van der Waals surface area (Å²) < 4.78 is 5.27. The zero-order valence-electron chi connectivity index (χ0n) is 28.7. The van der Waals surface area contributed by atoms with Crippen LogP contribution < -0.4 is 4.90 Å². The van der Waals surface area contributed by atoms with Gasteiger partial charge in [-0.1, -0.05) is 146 Å². The van der Waals surface area contributed by atoms with Crippen molar-refractivity contribution in [1.82, 2.24) is 0 Å². The Morgan fingerprint density at radius 2 is 0.868 bits per heavy atom. The Labute approximate surface area is 315 Å². The summed E-state index contributed by atoms with van der Waals surface area (Å²) in [6.45, 7) is 0. The van der Waals surface area contributed by atoms with E-state index in [-0.39, 0.29) is 0 Å². The third-order valence-corrected chi connectivity index (χ3v) is 13.0. The third kappa shape index (κ3) is 4.82. The SMILES string of the molecule is c1ccc(-c2c(N(c3ccc(-c4cccc5c4sc4ccccc45)cc3)c3ccc4sc5ccccc5c4c3)c3ccccc3c3ccccc23)cc1. The van der Waals surface area contributed by atoms with Gasteiger partial charge in [0.15, 0.2) is 0 Å². The quantitative estimate of drug-likeness (QED) is 0.161. The Morgan fingerprint density at radius 3 is 1.62 bits per heavy atom. The first-order valence-electron chi connectivity index (χ1n) is 18.0. The van der Waals surface area contributed by atoms with Crippen LogP contribution >= 0.6 is 22.7 Å². The molecule has 11 rings (SSSR count). The maximum Gasteiger partial charge on any atom is 0.0624 e. The van der Waals surface area contributed by atoms with E-state index < -0.39 is 0 Å². The van der Waals surface area contributed by atoms with Gasteiger partial charge in [-0.05, 0) is 75.3 Å². The van der Waals surface area contributed by atoms with E-state index in [1.54, 1.807) is 0 Å². The highest BCUT2D eigenvalue weighted by molar-refractivity contribution is 7.26. The summed E-state index contributed by atoms with van der Waals surface area (Å²) in [5, 5.41) is 10.2. The third-order valence-electron chi connectivity index (χ3n) is 10.7. The van der Waals surface area contributed by atoms with Crippen molar-refractivity contribution in [2.24, 2.45) is 0 Å². The molecule has 0 aliphatic carbocycles. The molecule has 11 aromatic rings. The normalized spacial score (nSPS) is 11.8. The van der Waals surface area contributed by atoms with Crippen LogP contribution in [-0.4, -0.2) is 0 Å². The zero-order chi connectivity index (χ0) is 34.9. The number of hydrogen-bond acceptors (Lipinski definition) is 3. The second-order valence-corrected chi connectivity index (χ2v) is 15.8. The van der Waals surface area contributed by atoms with Crippen molar-refractivity contribution in [1.29, 1.82) is 0 Å². The van der Waals surface area contributed by atoms with Crippen molar-refractivity contribution in [2.75, 3.05) is 4.90 Å². The van der Waals surface area contributed by atoms with E-state index in [0.29, 0.717) is 0 Å². The summed E-state index contributed by atoms with van der Waals surface area (Å²) in [5.74, 6) is 0. The summed E-state index contributed by atoms with van der Waals surface area (Å²) in [4.78, 5) is 2.51. The molecule has 9 aromatic carbocycles. The van der Waals surface area contributed by atoms with Gasteiger partial charge in [0.05, 0.1) is 5.69 Å². The number of hydrogen-bond donors (Lipinski definition) is 0. The molecule has 248 valence electrons. The van der Waals surface area contributed by atoms with E-state index in [1.807, 2.05) is 22.7 Å². The average Bonchev–Trinajstić information content (AvgIpc) is 3.80. The van der Waals surface area contributed by atoms with Gasteiger partial charge in [-0.3, -0.25) is 0 Å². The predicted molar refractivity (Wildman–Crippen MR) is 233 cm³/mol. The number of nitrogens with zero attached hydrogens (tertiary/aromatic N) is 1. The van der Waals surface area contributed by atoms with E-state index in [4.69, 9.17) is 0 Å².